The number of hydrogen-bond donors (Lipinski definition) is 2. The summed E-state index contributed by atoms with van der Waals surface area (Å²) >= 11 is 0. The molecule has 1 aromatic carbocycles. The largest absolute Gasteiger partial charge is 0.385 e. The molecule has 1 aromatic rings. The van der Waals surface area contributed by atoms with Crippen LogP contribution >= 0.6 is 0 Å². The molecule has 0 spiro atoms. The summed E-state index contributed by atoms with van der Waals surface area (Å²) in [4.78, 5) is 0.365. The zero-order valence-corrected chi connectivity index (χ0v) is 12.9. The number of aryl methyl sites for hydroxylation is 1. The minimum Gasteiger partial charge on any atom is -0.385 e. The van der Waals surface area contributed by atoms with Crippen LogP contribution < -0.4 is 10.0 Å². The first-order valence-electron chi connectivity index (χ1n) is 7.25. The van der Waals surface area contributed by atoms with Crippen LogP contribution in [-0.4, -0.2) is 21.5 Å². The SMILES string of the molecule is CC1(C)CC1CNS(=O)(=O)c1ccc2c(c1)NCCC2. The van der Waals surface area contributed by atoms with Crippen LogP contribution in [0, 0.1) is 11.3 Å². The van der Waals surface area contributed by atoms with E-state index in [4.69, 9.17) is 0 Å². The molecule has 0 amide bonds. The molecule has 1 heterocycles. The highest BCUT2D eigenvalue weighted by Gasteiger charge is 2.45. The number of rotatable bonds is 4. The van der Waals surface area contributed by atoms with Gasteiger partial charge in [-0.15, -0.1) is 0 Å². The van der Waals surface area contributed by atoms with Gasteiger partial charge in [0.15, 0.2) is 0 Å². The van der Waals surface area contributed by atoms with E-state index in [1.807, 2.05) is 6.07 Å². The number of sulfonamides is 1. The number of nitrogens with one attached hydrogen (secondary N) is 2. The molecule has 0 bridgehead atoms. The van der Waals surface area contributed by atoms with Gasteiger partial charge in [0.1, 0.15) is 0 Å². The van der Waals surface area contributed by atoms with Gasteiger partial charge >= 0.3 is 0 Å². The van der Waals surface area contributed by atoms with Crippen LogP contribution in [0.15, 0.2) is 23.1 Å². The molecule has 110 valence electrons. The van der Waals surface area contributed by atoms with Gasteiger partial charge in [0, 0.05) is 18.8 Å². The summed E-state index contributed by atoms with van der Waals surface area (Å²) in [5, 5.41) is 3.27. The third kappa shape index (κ3) is 2.69. The van der Waals surface area contributed by atoms with Gasteiger partial charge in [0.25, 0.3) is 0 Å². The molecule has 0 radical (unpaired) electrons. The van der Waals surface area contributed by atoms with Gasteiger partial charge in [-0.3, -0.25) is 0 Å². The van der Waals surface area contributed by atoms with E-state index in [0.29, 0.717) is 22.8 Å². The third-order valence-corrected chi connectivity index (χ3v) is 5.99. The van der Waals surface area contributed by atoms with Crippen molar-refractivity contribution < 1.29 is 8.42 Å². The molecule has 5 heteroatoms. The Labute approximate surface area is 121 Å². The Kier molecular flexibility index (Phi) is 3.29. The van der Waals surface area contributed by atoms with Crippen molar-refractivity contribution in [1.29, 1.82) is 0 Å². The van der Waals surface area contributed by atoms with Crippen LogP contribution in [0.3, 0.4) is 0 Å². The fourth-order valence-corrected chi connectivity index (χ4v) is 3.93. The summed E-state index contributed by atoms with van der Waals surface area (Å²) in [5.74, 6) is 0.466. The highest BCUT2D eigenvalue weighted by molar-refractivity contribution is 7.89. The first-order valence-corrected chi connectivity index (χ1v) is 8.73. The third-order valence-electron chi connectivity index (χ3n) is 4.57. The molecule has 1 fully saturated rings. The van der Waals surface area contributed by atoms with E-state index >= 15 is 0 Å². The van der Waals surface area contributed by atoms with E-state index in [-0.39, 0.29) is 0 Å². The molecule has 1 unspecified atom stereocenters. The molecule has 0 aromatic heterocycles. The zero-order chi connectivity index (χ0) is 14.4. The number of fused-ring (bicyclic) bond motifs is 1. The van der Waals surface area contributed by atoms with Crippen LogP contribution in [0.1, 0.15) is 32.3 Å². The monoisotopic (exact) mass is 294 g/mol. The van der Waals surface area contributed by atoms with Gasteiger partial charge in [0.05, 0.1) is 4.90 Å². The van der Waals surface area contributed by atoms with Gasteiger partial charge in [0.2, 0.25) is 10.0 Å². The first-order chi connectivity index (χ1) is 9.38. The Balaban J connectivity index is 1.74. The lowest BCUT2D eigenvalue weighted by atomic mass is 10.0. The summed E-state index contributed by atoms with van der Waals surface area (Å²) in [7, 11) is -3.39. The quantitative estimate of drug-likeness (QED) is 0.896. The summed E-state index contributed by atoms with van der Waals surface area (Å²) in [6, 6.07) is 5.40. The molecule has 1 aliphatic heterocycles. The molecule has 3 rings (SSSR count). The fraction of sp³-hybridized carbons (Fsp3) is 0.600. The van der Waals surface area contributed by atoms with Crippen molar-refractivity contribution in [2.24, 2.45) is 11.3 Å². The lowest BCUT2D eigenvalue weighted by Crippen LogP contribution is -2.27. The number of benzene rings is 1. The number of anilines is 1. The van der Waals surface area contributed by atoms with Gasteiger partial charge in [-0.1, -0.05) is 19.9 Å². The van der Waals surface area contributed by atoms with E-state index in [9.17, 15) is 8.42 Å². The summed E-state index contributed by atoms with van der Waals surface area (Å²) in [6.07, 6.45) is 3.22. The minimum atomic E-state index is -3.39. The summed E-state index contributed by atoms with van der Waals surface area (Å²) in [5.41, 5.74) is 2.46. The number of hydrogen-bond acceptors (Lipinski definition) is 3. The highest BCUT2D eigenvalue weighted by Crippen LogP contribution is 2.51. The second kappa shape index (κ2) is 4.74. The first kappa shape index (κ1) is 13.9. The summed E-state index contributed by atoms with van der Waals surface area (Å²) in [6.45, 7) is 5.81. The molecule has 2 aliphatic rings. The van der Waals surface area contributed by atoms with Crippen LogP contribution in [0.25, 0.3) is 0 Å². The maximum atomic E-state index is 12.3. The Morgan fingerprint density at radius 1 is 1.40 bits per heavy atom. The fourth-order valence-electron chi connectivity index (χ4n) is 2.83. The lowest BCUT2D eigenvalue weighted by molar-refractivity contribution is 0.537. The van der Waals surface area contributed by atoms with Crippen LogP contribution in [-0.2, 0) is 16.4 Å². The van der Waals surface area contributed by atoms with Gasteiger partial charge < -0.3 is 5.32 Å². The van der Waals surface area contributed by atoms with Crippen LogP contribution in [0.4, 0.5) is 5.69 Å². The van der Waals surface area contributed by atoms with E-state index in [0.717, 1.165) is 31.5 Å². The second-order valence-corrected chi connectivity index (χ2v) is 8.36. The van der Waals surface area contributed by atoms with E-state index < -0.39 is 10.0 Å². The summed E-state index contributed by atoms with van der Waals surface area (Å²) < 4.78 is 27.4. The van der Waals surface area contributed by atoms with Crippen molar-refractivity contribution in [3.63, 3.8) is 0 Å². The van der Waals surface area contributed by atoms with Crippen LogP contribution in [0.2, 0.25) is 0 Å². The Morgan fingerprint density at radius 2 is 2.15 bits per heavy atom. The van der Waals surface area contributed by atoms with Gasteiger partial charge in [-0.2, -0.15) is 0 Å². The molecule has 0 saturated heterocycles. The van der Waals surface area contributed by atoms with E-state index in [2.05, 4.69) is 23.9 Å². The molecule has 1 atom stereocenters. The van der Waals surface area contributed by atoms with Crippen molar-refractivity contribution in [3.05, 3.63) is 23.8 Å². The van der Waals surface area contributed by atoms with E-state index in [1.165, 1.54) is 5.56 Å². The molecule has 4 nitrogen and oxygen atoms in total. The zero-order valence-electron chi connectivity index (χ0n) is 12.1. The highest BCUT2D eigenvalue weighted by atomic mass is 32.2. The van der Waals surface area contributed by atoms with E-state index in [1.54, 1.807) is 12.1 Å². The predicted molar refractivity (Wildman–Crippen MR) is 80.3 cm³/mol. The average Bonchev–Trinajstić information content (AvgIpc) is 3.04. The topological polar surface area (TPSA) is 58.2 Å². The molecule has 20 heavy (non-hydrogen) atoms. The van der Waals surface area contributed by atoms with Crippen molar-refractivity contribution in [2.45, 2.75) is 38.0 Å². The lowest BCUT2D eigenvalue weighted by Gasteiger charge is -2.18. The molecule has 2 N–H and O–H groups in total. The van der Waals surface area contributed by atoms with Crippen molar-refractivity contribution in [3.8, 4) is 0 Å². The molecular weight excluding hydrogens is 272 g/mol. The maximum Gasteiger partial charge on any atom is 0.240 e. The smallest absolute Gasteiger partial charge is 0.240 e. The molecule has 1 saturated carbocycles. The minimum absolute atomic E-state index is 0.292. The van der Waals surface area contributed by atoms with Gasteiger partial charge in [-0.05, 0) is 48.3 Å². The van der Waals surface area contributed by atoms with Crippen molar-refractivity contribution in [2.75, 3.05) is 18.4 Å². The average molecular weight is 294 g/mol. The predicted octanol–water partition coefficient (Wildman–Crippen LogP) is 2.37. The second-order valence-electron chi connectivity index (χ2n) is 6.59. The Morgan fingerprint density at radius 3 is 2.85 bits per heavy atom. The standard InChI is InChI=1S/C15H22N2O2S/c1-15(2)9-12(15)10-17-20(18,19)13-6-5-11-4-3-7-16-14(11)8-13/h5-6,8,12,16-17H,3-4,7,9-10H2,1-2H3. The Bertz CT molecular complexity index is 623. The normalized spacial score (nSPS) is 23.8. The molecular formula is C15H22N2O2S. The van der Waals surface area contributed by atoms with Crippen molar-refractivity contribution in [1.82, 2.24) is 4.72 Å². The van der Waals surface area contributed by atoms with Crippen LogP contribution in [0.5, 0.6) is 0 Å². The van der Waals surface area contributed by atoms with Crippen molar-refractivity contribution >= 4 is 15.7 Å². The molecule has 1 aliphatic carbocycles. The van der Waals surface area contributed by atoms with Gasteiger partial charge in [-0.25, -0.2) is 13.1 Å². The maximum absolute atomic E-state index is 12.3. The Hall–Kier alpha value is -1.07.